The average molecular weight is 556 g/mol. The van der Waals surface area contributed by atoms with E-state index in [0.717, 1.165) is 8.04 Å². The van der Waals surface area contributed by atoms with Gasteiger partial charge in [0, 0.05) is 25.0 Å². The highest BCUT2D eigenvalue weighted by atomic mass is 127. The van der Waals surface area contributed by atoms with E-state index in [9.17, 15) is 9.59 Å². The van der Waals surface area contributed by atoms with Crippen molar-refractivity contribution in [2.75, 3.05) is 10.6 Å². The number of nitrogens with one attached hydrogen (secondary N) is 2. The molecule has 3 aromatic carbocycles. The van der Waals surface area contributed by atoms with Crippen LogP contribution in [0.1, 0.15) is 20.7 Å². The van der Waals surface area contributed by atoms with Gasteiger partial charge >= 0.3 is 0 Å². The highest BCUT2D eigenvalue weighted by Crippen LogP contribution is 2.21. The molecule has 7 heteroatoms. The Balaban J connectivity index is 1.67. The molecule has 136 valence electrons. The summed E-state index contributed by atoms with van der Waals surface area (Å²) in [6.45, 7) is 0. The molecule has 0 saturated carbocycles. The Kier molecular flexibility index (Phi) is 6.51. The molecule has 27 heavy (non-hydrogen) atoms. The molecule has 0 atom stereocenters. The van der Waals surface area contributed by atoms with Crippen LogP contribution in [0.3, 0.4) is 0 Å². The van der Waals surface area contributed by atoms with E-state index in [1.165, 1.54) is 0 Å². The first-order valence-electron chi connectivity index (χ1n) is 7.86. The van der Waals surface area contributed by atoms with Crippen LogP contribution in [-0.2, 0) is 0 Å². The molecule has 0 aromatic heterocycles. The van der Waals surface area contributed by atoms with Crippen molar-refractivity contribution in [3.8, 4) is 0 Å². The van der Waals surface area contributed by atoms with E-state index in [1.807, 2.05) is 12.1 Å². The summed E-state index contributed by atoms with van der Waals surface area (Å²) in [6.07, 6.45) is 0. The van der Waals surface area contributed by atoms with Crippen LogP contribution in [0.5, 0.6) is 0 Å². The third kappa shape index (κ3) is 5.31. The van der Waals surface area contributed by atoms with Gasteiger partial charge in [-0.15, -0.1) is 0 Å². The van der Waals surface area contributed by atoms with Crippen LogP contribution in [0, 0.1) is 3.57 Å². The zero-order valence-electron chi connectivity index (χ0n) is 13.8. The zero-order valence-corrected chi connectivity index (χ0v) is 18.3. The fourth-order valence-corrected chi connectivity index (χ4v) is 3.43. The van der Waals surface area contributed by atoms with E-state index >= 15 is 0 Å². The monoisotopic (exact) mass is 554 g/mol. The number of rotatable bonds is 4. The van der Waals surface area contributed by atoms with Crippen molar-refractivity contribution in [3.63, 3.8) is 0 Å². The summed E-state index contributed by atoms with van der Waals surface area (Å²) in [5.41, 5.74) is 2.20. The van der Waals surface area contributed by atoms with Crippen LogP contribution < -0.4 is 10.6 Å². The molecule has 3 rings (SSSR count). The van der Waals surface area contributed by atoms with Crippen molar-refractivity contribution in [2.24, 2.45) is 0 Å². The molecular weight excluding hydrogens is 542 g/mol. The molecule has 0 unspecified atom stereocenters. The first-order valence-corrected chi connectivity index (χ1v) is 10.1. The lowest BCUT2D eigenvalue weighted by atomic mass is 10.2. The van der Waals surface area contributed by atoms with Gasteiger partial charge in [-0.1, -0.05) is 33.6 Å². The lowest BCUT2D eigenvalue weighted by Gasteiger charge is -2.09. The van der Waals surface area contributed by atoms with Gasteiger partial charge in [-0.3, -0.25) is 9.59 Å². The van der Waals surface area contributed by atoms with E-state index in [2.05, 4.69) is 49.2 Å². The summed E-state index contributed by atoms with van der Waals surface area (Å²) < 4.78 is 1.76. The van der Waals surface area contributed by atoms with Gasteiger partial charge in [-0.05, 0) is 83.3 Å². The lowest BCUT2D eigenvalue weighted by molar-refractivity contribution is 0.101. The molecule has 0 bridgehead atoms. The minimum Gasteiger partial charge on any atom is -0.322 e. The highest BCUT2D eigenvalue weighted by molar-refractivity contribution is 14.1. The molecule has 0 aliphatic heterocycles. The molecule has 0 saturated heterocycles. The van der Waals surface area contributed by atoms with Gasteiger partial charge in [0.15, 0.2) is 0 Å². The quantitative estimate of drug-likeness (QED) is 0.376. The Hall–Kier alpha value is -1.90. The Bertz CT molecular complexity index is 1010. The second-order valence-electron chi connectivity index (χ2n) is 5.62. The number of hydrogen-bond donors (Lipinski definition) is 2. The van der Waals surface area contributed by atoms with Gasteiger partial charge < -0.3 is 10.6 Å². The average Bonchev–Trinajstić information content (AvgIpc) is 2.65. The smallest absolute Gasteiger partial charge is 0.257 e. The minimum atomic E-state index is -0.288. The number of halogens is 3. The first-order chi connectivity index (χ1) is 12.9. The van der Waals surface area contributed by atoms with E-state index in [1.54, 1.807) is 54.6 Å². The standard InChI is InChI=1S/C20H13BrClIN2O2/c21-13-3-1-2-12(10-13)19(26)24-15-5-7-16(8-6-15)25-20(27)17-11-14(23)4-9-18(17)22/h1-11H,(H,24,26)(H,25,27). The summed E-state index contributed by atoms with van der Waals surface area (Å²) in [5.74, 6) is -0.497. The van der Waals surface area contributed by atoms with E-state index in [4.69, 9.17) is 11.6 Å². The molecule has 2 N–H and O–H groups in total. The maximum atomic E-state index is 12.4. The van der Waals surface area contributed by atoms with E-state index in [-0.39, 0.29) is 11.8 Å². The van der Waals surface area contributed by atoms with E-state index < -0.39 is 0 Å². The van der Waals surface area contributed by atoms with Crippen molar-refractivity contribution in [2.45, 2.75) is 0 Å². The molecule has 2 amide bonds. The predicted molar refractivity (Wildman–Crippen MR) is 121 cm³/mol. The number of hydrogen-bond acceptors (Lipinski definition) is 2. The van der Waals surface area contributed by atoms with Crippen molar-refractivity contribution in [3.05, 3.63) is 90.9 Å². The van der Waals surface area contributed by atoms with Crippen LogP contribution >= 0.6 is 50.1 Å². The lowest BCUT2D eigenvalue weighted by Crippen LogP contribution is -2.13. The van der Waals surface area contributed by atoms with Crippen LogP contribution in [0.4, 0.5) is 11.4 Å². The van der Waals surface area contributed by atoms with Gasteiger partial charge in [0.25, 0.3) is 11.8 Å². The normalized spacial score (nSPS) is 10.3. The van der Waals surface area contributed by atoms with Gasteiger partial charge in [-0.25, -0.2) is 0 Å². The molecule has 3 aromatic rings. The number of amides is 2. The van der Waals surface area contributed by atoms with Crippen LogP contribution in [-0.4, -0.2) is 11.8 Å². The van der Waals surface area contributed by atoms with Crippen molar-refractivity contribution < 1.29 is 9.59 Å². The summed E-state index contributed by atoms with van der Waals surface area (Å²) >= 11 is 11.6. The molecule has 0 spiro atoms. The topological polar surface area (TPSA) is 58.2 Å². The van der Waals surface area contributed by atoms with Crippen molar-refractivity contribution >= 4 is 73.3 Å². The van der Waals surface area contributed by atoms with Crippen molar-refractivity contribution in [1.82, 2.24) is 0 Å². The molecule has 0 aliphatic rings. The summed E-state index contributed by atoms with van der Waals surface area (Å²) in [7, 11) is 0. The molecule has 0 fully saturated rings. The van der Waals surface area contributed by atoms with Crippen LogP contribution in [0.2, 0.25) is 5.02 Å². The fourth-order valence-electron chi connectivity index (χ4n) is 2.34. The number of carbonyl (C=O) groups is 2. The molecular formula is C20H13BrClIN2O2. The maximum Gasteiger partial charge on any atom is 0.257 e. The molecule has 0 heterocycles. The number of benzene rings is 3. The SMILES string of the molecule is O=C(Nc1ccc(NC(=O)c2cc(I)ccc2Cl)cc1)c1cccc(Br)c1. The maximum absolute atomic E-state index is 12.4. The Morgan fingerprint density at radius 1 is 0.852 bits per heavy atom. The van der Waals surface area contributed by atoms with Gasteiger partial charge in [0.1, 0.15) is 0 Å². The molecule has 0 aliphatic carbocycles. The Labute approximate surface area is 183 Å². The molecule has 4 nitrogen and oxygen atoms in total. The summed E-state index contributed by atoms with van der Waals surface area (Å²) in [6, 6.07) is 19.3. The third-order valence-corrected chi connectivity index (χ3v) is 5.15. The van der Waals surface area contributed by atoms with Gasteiger partial charge in [-0.2, -0.15) is 0 Å². The summed E-state index contributed by atoms with van der Waals surface area (Å²) in [5, 5.41) is 6.01. The second kappa shape index (κ2) is 8.86. The van der Waals surface area contributed by atoms with Crippen molar-refractivity contribution in [1.29, 1.82) is 0 Å². The van der Waals surface area contributed by atoms with E-state index in [0.29, 0.717) is 27.5 Å². The minimum absolute atomic E-state index is 0.210. The number of carbonyl (C=O) groups excluding carboxylic acids is 2. The Morgan fingerprint density at radius 3 is 2.11 bits per heavy atom. The predicted octanol–water partition coefficient (Wildman–Crippen LogP) is 6.21. The molecule has 0 radical (unpaired) electrons. The second-order valence-corrected chi connectivity index (χ2v) is 8.19. The van der Waals surface area contributed by atoms with Crippen LogP contribution in [0.25, 0.3) is 0 Å². The number of anilines is 2. The largest absolute Gasteiger partial charge is 0.322 e. The van der Waals surface area contributed by atoms with Crippen LogP contribution in [0.15, 0.2) is 71.2 Å². The zero-order chi connectivity index (χ0) is 19.4. The third-order valence-electron chi connectivity index (χ3n) is 3.66. The van der Waals surface area contributed by atoms with Gasteiger partial charge in [0.2, 0.25) is 0 Å². The Morgan fingerprint density at radius 2 is 1.48 bits per heavy atom. The first kappa shape index (κ1) is 19.9. The fraction of sp³-hybridized carbons (Fsp3) is 0. The summed E-state index contributed by atoms with van der Waals surface area (Å²) in [4.78, 5) is 24.7. The van der Waals surface area contributed by atoms with Gasteiger partial charge in [0.05, 0.1) is 10.6 Å². The highest BCUT2D eigenvalue weighted by Gasteiger charge is 2.12.